The molecule has 2 amide bonds. The number of nitrogens with one attached hydrogen (secondary N) is 2. The third kappa shape index (κ3) is 10.5. The zero-order chi connectivity index (χ0) is 32.9. The molecule has 0 unspecified atom stereocenters. The molecule has 1 atom stereocenters. The van der Waals surface area contributed by atoms with Crippen LogP contribution in [0.2, 0.25) is 5.02 Å². The summed E-state index contributed by atoms with van der Waals surface area (Å²) in [6.07, 6.45) is 0.358. The molecule has 0 fully saturated rings. The van der Waals surface area contributed by atoms with Gasteiger partial charge in [0.1, 0.15) is 12.2 Å². The molecule has 0 aliphatic rings. The fourth-order valence-electron chi connectivity index (χ4n) is 4.74. The van der Waals surface area contributed by atoms with Crippen LogP contribution < -0.4 is 16.2 Å². The number of benzene rings is 3. The molecule has 1 heterocycles. The molecule has 46 heavy (non-hydrogen) atoms. The smallest absolute Gasteiger partial charge is 0.305 e. The minimum Gasteiger partial charge on any atom is -0.481 e. The van der Waals surface area contributed by atoms with E-state index in [0.717, 1.165) is 16.7 Å². The van der Waals surface area contributed by atoms with Crippen LogP contribution in [-0.2, 0) is 44.3 Å². The summed E-state index contributed by atoms with van der Waals surface area (Å²) in [6, 6.07) is 27.9. The van der Waals surface area contributed by atoms with Crippen molar-refractivity contribution in [2.24, 2.45) is 0 Å². The monoisotopic (exact) mass is 659 g/mol. The number of pyridine rings is 1. The predicted octanol–water partition coefficient (Wildman–Crippen LogP) is 5.13. The molecule has 238 valence electrons. The van der Waals surface area contributed by atoms with Crippen molar-refractivity contribution in [1.29, 1.82) is 0 Å². The van der Waals surface area contributed by atoms with Crippen LogP contribution in [0.4, 0.5) is 5.69 Å². The number of aliphatic carboxylic acids is 1. The molecule has 4 rings (SSSR count). The minimum atomic E-state index is -1.29. The van der Waals surface area contributed by atoms with Crippen molar-refractivity contribution in [3.63, 3.8) is 0 Å². The number of carbonyl (C=O) groups excluding carboxylic acids is 3. The van der Waals surface area contributed by atoms with Gasteiger partial charge >= 0.3 is 5.97 Å². The van der Waals surface area contributed by atoms with E-state index in [1.54, 1.807) is 18.2 Å². The second-order valence-corrected chi connectivity index (χ2v) is 12.0. The van der Waals surface area contributed by atoms with Crippen molar-refractivity contribution < 1.29 is 24.3 Å². The number of nitrogens with zero attached hydrogens (tertiary/aromatic N) is 1. The van der Waals surface area contributed by atoms with Gasteiger partial charge in [0.05, 0.1) is 18.2 Å². The van der Waals surface area contributed by atoms with Gasteiger partial charge in [0, 0.05) is 29.3 Å². The zero-order valence-electron chi connectivity index (χ0n) is 25.0. The molecule has 0 aliphatic carbocycles. The fraction of sp³-hybridized carbons (Fsp3) is 0.229. The van der Waals surface area contributed by atoms with Crippen molar-refractivity contribution in [2.75, 3.05) is 11.1 Å². The minimum absolute atomic E-state index is 0.0109. The highest BCUT2D eigenvalue weighted by Gasteiger charge is 2.25. The lowest BCUT2D eigenvalue weighted by molar-refractivity contribution is -0.139. The number of anilines is 1. The van der Waals surface area contributed by atoms with Gasteiger partial charge in [0.2, 0.25) is 11.8 Å². The van der Waals surface area contributed by atoms with Crippen LogP contribution in [0.25, 0.3) is 0 Å². The fourth-order valence-corrected chi connectivity index (χ4v) is 6.00. The van der Waals surface area contributed by atoms with Gasteiger partial charge < -0.3 is 20.3 Å². The van der Waals surface area contributed by atoms with Crippen molar-refractivity contribution in [3.05, 3.63) is 135 Å². The summed E-state index contributed by atoms with van der Waals surface area (Å²) in [5, 5.41) is 15.2. The van der Waals surface area contributed by atoms with E-state index in [4.69, 9.17) is 11.6 Å². The molecule has 3 N–H and O–H groups in total. The van der Waals surface area contributed by atoms with Crippen LogP contribution in [0.3, 0.4) is 0 Å². The number of aromatic nitrogens is 1. The SMILES string of the molecule is O=C(O)C[C@H](NC(=O)Cn1c(Cc2ccccc2)ccc(NC(=O)CCc2ccccc2)c1=O)C(=O)CSCc1ccccc1Cl. The first kappa shape index (κ1) is 34.2. The Morgan fingerprint density at radius 3 is 2.15 bits per heavy atom. The third-order valence-corrected chi connectivity index (χ3v) is 8.49. The number of amides is 2. The van der Waals surface area contributed by atoms with E-state index in [1.165, 1.54) is 22.4 Å². The zero-order valence-corrected chi connectivity index (χ0v) is 26.6. The summed E-state index contributed by atoms with van der Waals surface area (Å²) in [5.74, 6) is -2.40. The Labute approximate surface area is 276 Å². The second-order valence-electron chi connectivity index (χ2n) is 10.6. The van der Waals surface area contributed by atoms with Crippen molar-refractivity contribution >= 4 is 52.6 Å². The molecular weight excluding hydrogens is 626 g/mol. The number of carboxylic acids is 1. The second kappa shape index (κ2) is 17.1. The van der Waals surface area contributed by atoms with Gasteiger partial charge in [0.25, 0.3) is 5.56 Å². The van der Waals surface area contributed by atoms with E-state index < -0.39 is 42.2 Å². The molecule has 0 saturated carbocycles. The molecule has 1 aromatic heterocycles. The Hall–Kier alpha value is -4.67. The standard InChI is InChI=1S/C35H34ClN3O6S/c36-28-14-8-7-13-26(28)22-46-23-31(40)30(20-34(43)44)38-33(42)21-39-27(19-25-11-5-2-6-12-25)16-17-29(35(39)45)37-32(41)18-15-24-9-3-1-4-10-24/h1-14,16-17,30H,15,18-23H2,(H,37,41)(H,38,42)(H,43,44)/t30-/m0/s1. The number of thioether (sulfide) groups is 1. The number of halogens is 1. The van der Waals surface area contributed by atoms with E-state index in [1.807, 2.05) is 72.8 Å². The van der Waals surface area contributed by atoms with Gasteiger partial charge in [-0.05, 0) is 41.3 Å². The van der Waals surface area contributed by atoms with Gasteiger partial charge in [-0.2, -0.15) is 0 Å². The van der Waals surface area contributed by atoms with Crippen LogP contribution in [0.5, 0.6) is 0 Å². The number of carbonyl (C=O) groups is 4. The number of aryl methyl sites for hydroxylation is 1. The quantitative estimate of drug-likeness (QED) is 0.152. The topological polar surface area (TPSA) is 135 Å². The van der Waals surface area contributed by atoms with E-state index >= 15 is 0 Å². The highest BCUT2D eigenvalue weighted by molar-refractivity contribution is 7.99. The Morgan fingerprint density at radius 1 is 0.826 bits per heavy atom. The first-order valence-corrected chi connectivity index (χ1v) is 16.2. The maximum Gasteiger partial charge on any atom is 0.305 e. The molecule has 3 aromatic carbocycles. The van der Waals surface area contributed by atoms with Crippen LogP contribution in [0, 0.1) is 0 Å². The number of hydrogen-bond donors (Lipinski definition) is 3. The van der Waals surface area contributed by atoms with Gasteiger partial charge in [-0.3, -0.25) is 24.0 Å². The predicted molar refractivity (Wildman–Crippen MR) is 180 cm³/mol. The lowest BCUT2D eigenvalue weighted by Gasteiger charge is -2.19. The lowest BCUT2D eigenvalue weighted by Crippen LogP contribution is -2.45. The van der Waals surface area contributed by atoms with Crippen molar-refractivity contribution in [1.82, 2.24) is 9.88 Å². The molecule has 0 radical (unpaired) electrons. The molecule has 4 aromatic rings. The summed E-state index contributed by atoms with van der Waals surface area (Å²) in [4.78, 5) is 64.2. The molecule has 0 aliphatic heterocycles. The van der Waals surface area contributed by atoms with Crippen LogP contribution >= 0.6 is 23.4 Å². The van der Waals surface area contributed by atoms with Crippen LogP contribution in [0.15, 0.2) is 102 Å². The number of Topliss-reactive ketones (excluding diaryl/α,β-unsaturated/α-hetero) is 1. The largest absolute Gasteiger partial charge is 0.481 e. The normalized spacial score (nSPS) is 11.4. The van der Waals surface area contributed by atoms with Gasteiger partial charge in [0.15, 0.2) is 5.78 Å². The summed E-state index contributed by atoms with van der Waals surface area (Å²) in [5.41, 5.74) is 2.64. The Bertz CT molecular complexity index is 1730. The van der Waals surface area contributed by atoms with E-state index in [0.29, 0.717) is 29.3 Å². The Morgan fingerprint density at radius 2 is 1.48 bits per heavy atom. The highest BCUT2D eigenvalue weighted by atomic mass is 35.5. The molecule has 9 nitrogen and oxygen atoms in total. The molecule has 0 spiro atoms. The highest BCUT2D eigenvalue weighted by Crippen LogP contribution is 2.21. The summed E-state index contributed by atoms with van der Waals surface area (Å²) >= 11 is 7.45. The molecular formula is C35H34ClN3O6S. The molecule has 11 heteroatoms. The Kier molecular flexibility index (Phi) is 12.7. The van der Waals surface area contributed by atoms with Gasteiger partial charge in [-0.1, -0.05) is 90.5 Å². The lowest BCUT2D eigenvalue weighted by atomic mass is 10.1. The number of hydrogen-bond acceptors (Lipinski definition) is 6. The van der Waals surface area contributed by atoms with E-state index in [2.05, 4.69) is 10.6 Å². The van der Waals surface area contributed by atoms with Crippen molar-refractivity contribution in [2.45, 2.75) is 44.0 Å². The Balaban J connectivity index is 1.48. The van der Waals surface area contributed by atoms with Gasteiger partial charge in [-0.15, -0.1) is 11.8 Å². The number of carboxylic acid groups (broad SMARTS) is 1. The summed E-state index contributed by atoms with van der Waals surface area (Å²) in [7, 11) is 0. The summed E-state index contributed by atoms with van der Waals surface area (Å²) < 4.78 is 1.24. The maximum atomic E-state index is 13.6. The van der Waals surface area contributed by atoms with Crippen LogP contribution in [-0.4, -0.2) is 45.0 Å². The molecule has 0 saturated heterocycles. The third-order valence-electron chi connectivity index (χ3n) is 7.11. The van der Waals surface area contributed by atoms with E-state index in [9.17, 15) is 29.1 Å². The maximum absolute atomic E-state index is 13.6. The molecule has 0 bridgehead atoms. The van der Waals surface area contributed by atoms with Crippen molar-refractivity contribution in [3.8, 4) is 0 Å². The van der Waals surface area contributed by atoms with E-state index in [-0.39, 0.29) is 23.8 Å². The summed E-state index contributed by atoms with van der Waals surface area (Å²) in [6.45, 7) is -0.481. The first-order chi connectivity index (χ1) is 22.2. The van der Waals surface area contributed by atoms with Gasteiger partial charge in [-0.25, -0.2) is 0 Å². The number of rotatable bonds is 16. The van der Waals surface area contributed by atoms with Crippen LogP contribution in [0.1, 0.15) is 35.2 Å². The number of ketones is 1. The average Bonchev–Trinajstić information content (AvgIpc) is 3.04. The first-order valence-electron chi connectivity index (χ1n) is 14.6. The average molecular weight is 660 g/mol.